The maximum Gasteiger partial charge on any atom is 0.107 e. The molecule has 21 heavy (non-hydrogen) atoms. The van der Waals surface area contributed by atoms with E-state index < -0.39 is 0 Å². The van der Waals surface area contributed by atoms with Crippen LogP contribution in [0.15, 0.2) is 60.2 Å². The summed E-state index contributed by atoms with van der Waals surface area (Å²) < 4.78 is 0. The smallest absolute Gasteiger partial charge is 0.107 e. The first kappa shape index (κ1) is 14.9. The van der Waals surface area contributed by atoms with Gasteiger partial charge in [0.1, 0.15) is 5.69 Å². The zero-order valence-corrected chi connectivity index (χ0v) is 12.7. The molecule has 2 rings (SSSR count). The summed E-state index contributed by atoms with van der Waals surface area (Å²) in [6.07, 6.45) is 3.62. The first-order valence-corrected chi connectivity index (χ1v) is 6.85. The molecule has 0 fully saturated rings. The molecule has 0 saturated carbocycles. The highest BCUT2D eigenvalue weighted by Gasteiger charge is 2.00. The molecule has 0 unspecified atom stereocenters. The fourth-order valence-corrected chi connectivity index (χ4v) is 1.82. The van der Waals surface area contributed by atoms with Gasteiger partial charge < -0.3 is 0 Å². The second-order valence-corrected chi connectivity index (χ2v) is 4.93. The number of allylic oxidation sites excluding steroid dienone is 2. The minimum atomic E-state index is 0.782. The molecule has 0 spiro atoms. The Hall–Kier alpha value is -2.55. The zero-order valence-electron chi connectivity index (χ0n) is 12.7. The third-order valence-electron chi connectivity index (χ3n) is 3.17. The predicted molar refractivity (Wildman–Crippen MR) is 88.3 cm³/mol. The SMILES string of the molecule is C=C/C(=C\N=C(C)c1ccc(C)nn1)c1ccc(C)cc1. The zero-order chi connectivity index (χ0) is 15.2. The van der Waals surface area contributed by atoms with E-state index in [9.17, 15) is 0 Å². The van der Waals surface area contributed by atoms with Gasteiger partial charge in [-0.1, -0.05) is 42.5 Å². The molecule has 0 aliphatic rings. The standard InChI is InChI=1S/C18H19N3/c1-5-16(17-9-6-13(2)7-10-17)12-19-15(4)18-11-8-14(3)20-21-18/h5-12H,1H2,2-4H3/b16-12+,19-15?. The molecular formula is C18H19N3. The van der Waals surface area contributed by atoms with Crippen LogP contribution in [0, 0.1) is 13.8 Å². The van der Waals surface area contributed by atoms with Crippen molar-refractivity contribution < 1.29 is 0 Å². The first-order valence-electron chi connectivity index (χ1n) is 6.85. The molecule has 2 aromatic rings. The average molecular weight is 277 g/mol. The summed E-state index contributed by atoms with van der Waals surface area (Å²) in [6.45, 7) is 9.76. The molecule has 0 radical (unpaired) electrons. The van der Waals surface area contributed by atoms with Crippen LogP contribution in [0.2, 0.25) is 0 Å². The number of hydrogen-bond acceptors (Lipinski definition) is 3. The highest BCUT2D eigenvalue weighted by Crippen LogP contribution is 2.16. The van der Waals surface area contributed by atoms with Crippen molar-refractivity contribution >= 4 is 11.3 Å². The lowest BCUT2D eigenvalue weighted by Gasteiger charge is -2.02. The van der Waals surface area contributed by atoms with Crippen LogP contribution < -0.4 is 0 Å². The number of aliphatic imine (C=N–C) groups is 1. The molecule has 3 heteroatoms. The Labute approximate surface area is 125 Å². The molecule has 0 aliphatic carbocycles. The van der Waals surface area contributed by atoms with Gasteiger partial charge in [0.2, 0.25) is 0 Å². The number of hydrogen-bond donors (Lipinski definition) is 0. The highest BCUT2D eigenvalue weighted by atomic mass is 15.1. The summed E-state index contributed by atoms with van der Waals surface area (Å²) in [5.41, 5.74) is 5.82. The van der Waals surface area contributed by atoms with Crippen LogP contribution >= 0.6 is 0 Å². The van der Waals surface area contributed by atoms with Crippen molar-refractivity contribution in [2.45, 2.75) is 20.8 Å². The van der Waals surface area contributed by atoms with E-state index in [0.717, 1.165) is 28.2 Å². The second-order valence-electron chi connectivity index (χ2n) is 4.93. The van der Waals surface area contributed by atoms with E-state index in [-0.39, 0.29) is 0 Å². The average Bonchev–Trinajstić information content (AvgIpc) is 2.50. The summed E-state index contributed by atoms with van der Waals surface area (Å²) in [6, 6.07) is 12.1. The van der Waals surface area contributed by atoms with Gasteiger partial charge in [-0.3, -0.25) is 4.99 Å². The molecule has 1 heterocycles. The van der Waals surface area contributed by atoms with Crippen molar-refractivity contribution in [2.24, 2.45) is 4.99 Å². The Bertz CT molecular complexity index is 677. The van der Waals surface area contributed by atoms with E-state index in [1.807, 2.05) is 38.3 Å². The minimum Gasteiger partial charge on any atom is -0.259 e. The van der Waals surface area contributed by atoms with Gasteiger partial charge in [0, 0.05) is 6.20 Å². The molecular weight excluding hydrogens is 258 g/mol. The lowest BCUT2D eigenvalue weighted by molar-refractivity contribution is 0.968. The van der Waals surface area contributed by atoms with Crippen molar-refractivity contribution in [3.8, 4) is 0 Å². The fourth-order valence-electron chi connectivity index (χ4n) is 1.82. The Kier molecular flexibility index (Phi) is 4.77. The maximum atomic E-state index is 4.47. The number of benzene rings is 1. The van der Waals surface area contributed by atoms with Crippen LogP contribution in [0.3, 0.4) is 0 Å². The molecule has 1 aromatic carbocycles. The van der Waals surface area contributed by atoms with Crippen molar-refractivity contribution in [3.63, 3.8) is 0 Å². The Morgan fingerprint density at radius 3 is 2.33 bits per heavy atom. The van der Waals surface area contributed by atoms with E-state index in [4.69, 9.17) is 0 Å². The van der Waals surface area contributed by atoms with Crippen molar-refractivity contribution in [2.75, 3.05) is 0 Å². The summed E-state index contributed by atoms with van der Waals surface area (Å²) in [7, 11) is 0. The van der Waals surface area contributed by atoms with Crippen LogP contribution in [0.4, 0.5) is 0 Å². The predicted octanol–water partition coefficient (Wildman–Crippen LogP) is 4.13. The Morgan fingerprint density at radius 2 is 1.76 bits per heavy atom. The van der Waals surface area contributed by atoms with Crippen LogP contribution in [0.25, 0.3) is 5.57 Å². The number of aromatic nitrogens is 2. The number of rotatable bonds is 4. The van der Waals surface area contributed by atoms with Crippen molar-refractivity contribution in [3.05, 3.63) is 77.8 Å². The third-order valence-corrected chi connectivity index (χ3v) is 3.17. The topological polar surface area (TPSA) is 38.1 Å². The van der Waals surface area contributed by atoms with E-state index in [0.29, 0.717) is 0 Å². The molecule has 0 N–H and O–H groups in total. The highest BCUT2D eigenvalue weighted by molar-refractivity contribution is 5.97. The van der Waals surface area contributed by atoms with Gasteiger partial charge in [-0.15, -0.1) is 5.10 Å². The Balaban J connectivity index is 2.27. The number of aryl methyl sites for hydroxylation is 2. The van der Waals surface area contributed by atoms with Gasteiger partial charge in [-0.05, 0) is 44.0 Å². The largest absolute Gasteiger partial charge is 0.259 e. The molecule has 106 valence electrons. The second kappa shape index (κ2) is 6.75. The van der Waals surface area contributed by atoms with Gasteiger partial charge in [0.05, 0.1) is 11.4 Å². The van der Waals surface area contributed by atoms with E-state index in [1.165, 1.54) is 5.56 Å². The van der Waals surface area contributed by atoms with Gasteiger partial charge in [-0.25, -0.2) is 0 Å². The molecule has 0 bridgehead atoms. The maximum absolute atomic E-state index is 4.47. The normalized spacial score (nSPS) is 12.3. The van der Waals surface area contributed by atoms with Crippen molar-refractivity contribution in [1.82, 2.24) is 10.2 Å². The van der Waals surface area contributed by atoms with Crippen LogP contribution in [-0.2, 0) is 0 Å². The quantitative estimate of drug-likeness (QED) is 0.622. The van der Waals surface area contributed by atoms with Crippen molar-refractivity contribution in [1.29, 1.82) is 0 Å². The van der Waals surface area contributed by atoms with Crippen LogP contribution in [-0.4, -0.2) is 15.9 Å². The van der Waals surface area contributed by atoms with Crippen LogP contribution in [0.1, 0.15) is 29.4 Å². The minimum absolute atomic E-state index is 0.782. The van der Waals surface area contributed by atoms with Crippen LogP contribution in [0.5, 0.6) is 0 Å². The lowest BCUT2D eigenvalue weighted by atomic mass is 10.1. The van der Waals surface area contributed by atoms with Gasteiger partial charge in [0.25, 0.3) is 0 Å². The molecule has 3 nitrogen and oxygen atoms in total. The molecule has 0 amide bonds. The Morgan fingerprint density at radius 1 is 1.05 bits per heavy atom. The lowest BCUT2D eigenvalue weighted by Crippen LogP contribution is -2.00. The summed E-state index contributed by atoms with van der Waals surface area (Å²) in [5.74, 6) is 0. The fraction of sp³-hybridized carbons (Fsp3) is 0.167. The molecule has 0 aliphatic heterocycles. The summed E-state index contributed by atoms with van der Waals surface area (Å²) >= 11 is 0. The van der Waals surface area contributed by atoms with E-state index >= 15 is 0 Å². The number of nitrogens with zero attached hydrogens (tertiary/aromatic N) is 3. The monoisotopic (exact) mass is 277 g/mol. The molecule has 0 saturated heterocycles. The summed E-state index contributed by atoms with van der Waals surface area (Å²) in [5, 5.41) is 8.17. The third kappa shape index (κ3) is 3.96. The van der Waals surface area contributed by atoms with E-state index in [2.05, 4.69) is 53.0 Å². The molecule has 1 aromatic heterocycles. The van der Waals surface area contributed by atoms with Gasteiger partial charge in [0.15, 0.2) is 0 Å². The van der Waals surface area contributed by atoms with Gasteiger partial charge in [-0.2, -0.15) is 5.10 Å². The molecule has 0 atom stereocenters. The van der Waals surface area contributed by atoms with Gasteiger partial charge >= 0.3 is 0 Å². The van der Waals surface area contributed by atoms with E-state index in [1.54, 1.807) is 0 Å². The summed E-state index contributed by atoms with van der Waals surface area (Å²) in [4.78, 5) is 4.47. The first-order chi connectivity index (χ1) is 10.1.